The number of phenolic OH excluding ortho intramolecular Hbond substituents is 1. The standard InChI is InChI=1S/C23H40N4O8S/c1-8-33-21(34-9-2)17(15-20(29)35-23(3,4)5)26-36(31,32)19-11-10-16(14-18(19)28)25-22(30)24-12-13-27(6)7/h10-11,14,17,21,26,28H,8-9,12-13,15H2,1-7H3,(H2,24,25,30)/t17-/m0/s1. The van der Waals surface area contributed by atoms with Gasteiger partial charge in [-0.2, -0.15) is 0 Å². The van der Waals surface area contributed by atoms with Gasteiger partial charge in [-0.15, -0.1) is 0 Å². The van der Waals surface area contributed by atoms with Gasteiger partial charge in [0, 0.05) is 38.1 Å². The van der Waals surface area contributed by atoms with E-state index in [0.29, 0.717) is 13.1 Å². The molecule has 12 nitrogen and oxygen atoms in total. The van der Waals surface area contributed by atoms with Crippen molar-refractivity contribution in [2.45, 2.75) is 63.9 Å². The summed E-state index contributed by atoms with van der Waals surface area (Å²) in [4.78, 5) is 25.9. The van der Waals surface area contributed by atoms with E-state index in [-0.39, 0.29) is 25.3 Å². The molecular weight excluding hydrogens is 492 g/mol. The van der Waals surface area contributed by atoms with Gasteiger partial charge in [-0.1, -0.05) is 0 Å². The Labute approximate surface area is 213 Å². The van der Waals surface area contributed by atoms with Crippen molar-refractivity contribution in [3.63, 3.8) is 0 Å². The number of carbonyl (C=O) groups is 2. The van der Waals surface area contributed by atoms with Gasteiger partial charge >= 0.3 is 12.0 Å². The van der Waals surface area contributed by atoms with Crippen LogP contribution in [0, 0.1) is 0 Å². The number of nitrogens with zero attached hydrogens (tertiary/aromatic N) is 1. The van der Waals surface area contributed by atoms with Crippen molar-refractivity contribution in [3.05, 3.63) is 18.2 Å². The summed E-state index contributed by atoms with van der Waals surface area (Å²) in [5.41, 5.74) is -0.576. The Hall–Kier alpha value is -2.45. The van der Waals surface area contributed by atoms with Crippen LogP contribution in [0.4, 0.5) is 10.5 Å². The number of benzene rings is 1. The third kappa shape index (κ3) is 11.5. The molecule has 0 aliphatic rings. The molecule has 0 unspecified atom stereocenters. The summed E-state index contributed by atoms with van der Waals surface area (Å²) in [6.07, 6.45) is -1.44. The van der Waals surface area contributed by atoms with Crippen LogP contribution in [0.5, 0.6) is 5.75 Å². The van der Waals surface area contributed by atoms with Gasteiger partial charge in [0.1, 0.15) is 16.2 Å². The number of rotatable bonds is 14. The fourth-order valence-electron chi connectivity index (χ4n) is 3.02. The number of ether oxygens (including phenoxy) is 3. The highest BCUT2D eigenvalue weighted by Crippen LogP contribution is 2.27. The molecule has 1 aromatic rings. The minimum Gasteiger partial charge on any atom is -0.506 e. The molecule has 0 aromatic heterocycles. The fourth-order valence-corrected chi connectivity index (χ4v) is 4.32. The Balaban J connectivity index is 3.08. The summed E-state index contributed by atoms with van der Waals surface area (Å²) in [5.74, 6) is -1.24. The highest BCUT2D eigenvalue weighted by molar-refractivity contribution is 7.89. The van der Waals surface area contributed by atoms with Crippen LogP contribution in [0.1, 0.15) is 41.0 Å². The van der Waals surface area contributed by atoms with E-state index in [4.69, 9.17) is 14.2 Å². The van der Waals surface area contributed by atoms with Gasteiger partial charge < -0.3 is 34.9 Å². The number of sulfonamides is 1. The summed E-state index contributed by atoms with van der Waals surface area (Å²) in [6.45, 7) is 9.96. The van der Waals surface area contributed by atoms with Gasteiger partial charge in [-0.05, 0) is 60.8 Å². The van der Waals surface area contributed by atoms with E-state index in [1.165, 1.54) is 6.07 Å². The van der Waals surface area contributed by atoms with Gasteiger partial charge in [0.15, 0.2) is 6.29 Å². The lowest BCUT2D eigenvalue weighted by Crippen LogP contribution is -2.47. The van der Waals surface area contributed by atoms with E-state index in [0.717, 1.165) is 12.1 Å². The summed E-state index contributed by atoms with van der Waals surface area (Å²) in [7, 11) is -0.594. The average Bonchev–Trinajstić information content (AvgIpc) is 2.71. The Morgan fingerprint density at radius 3 is 2.22 bits per heavy atom. The number of anilines is 1. The van der Waals surface area contributed by atoms with Crippen molar-refractivity contribution in [3.8, 4) is 5.75 Å². The second-order valence-corrected chi connectivity index (χ2v) is 10.8. The number of hydrogen-bond acceptors (Lipinski definition) is 9. The lowest BCUT2D eigenvalue weighted by molar-refractivity contribution is -0.169. The lowest BCUT2D eigenvalue weighted by Gasteiger charge is -2.28. The summed E-state index contributed by atoms with van der Waals surface area (Å²) in [5, 5.41) is 15.6. The van der Waals surface area contributed by atoms with Crippen molar-refractivity contribution >= 4 is 27.7 Å². The van der Waals surface area contributed by atoms with Crippen LogP contribution >= 0.6 is 0 Å². The number of nitrogens with one attached hydrogen (secondary N) is 3. The van der Waals surface area contributed by atoms with Crippen molar-refractivity contribution < 1.29 is 37.3 Å². The lowest BCUT2D eigenvalue weighted by atomic mass is 10.1. The number of hydrogen-bond donors (Lipinski definition) is 4. The third-order valence-electron chi connectivity index (χ3n) is 4.45. The molecule has 4 N–H and O–H groups in total. The second kappa shape index (κ2) is 14.3. The van der Waals surface area contributed by atoms with Crippen molar-refractivity contribution in [1.82, 2.24) is 14.9 Å². The maximum absolute atomic E-state index is 13.1. The molecule has 0 saturated heterocycles. The first-order valence-corrected chi connectivity index (χ1v) is 13.2. The molecular formula is C23H40N4O8S. The van der Waals surface area contributed by atoms with Gasteiger partial charge in [-0.25, -0.2) is 17.9 Å². The summed E-state index contributed by atoms with van der Waals surface area (Å²) < 4.78 is 45.0. The number of amides is 2. The number of esters is 1. The molecule has 13 heteroatoms. The maximum Gasteiger partial charge on any atom is 0.319 e. The van der Waals surface area contributed by atoms with Crippen molar-refractivity contribution in [2.75, 3.05) is 45.7 Å². The van der Waals surface area contributed by atoms with Crippen LogP contribution in [-0.2, 0) is 29.0 Å². The van der Waals surface area contributed by atoms with E-state index in [9.17, 15) is 23.1 Å². The fraction of sp³-hybridized carbons (Fsp3) is 0.652. The van der Waals surface area contributed by atoms with Crippen LogP contribution in [-0.4, -0.2) is 88.8 Å². The molecule has 1 atom stereocenters. The first kappa shape index (κ1) is 31.6. The van der Waals surface area contributed by atoms with Crippen LogP contribution in [0.15, 0.2) is 23.1 Å². The van der Waals surface area contributed by atoms with E-state index in [2.05, 4.69) is 15.4 Å². The number of likely N-dealkylation sites (N-methyl/N-ethyl adjacent to an activating group) is 1. The predicted molar refractivity (Wildman–Crippen MR) is 135 cm³/mol. The molecule has 1 aromatic carbocycles. The quantitative estimate of drug-likeness (QED) is 0.207. The molecule has 0 fully saturated rings. The zero-order valence-electron chi connectivity index (χ0n) is 22.1. The number of aromatic hydroxyl groups is 1. The molecule has 0 aliphatic carbocycles. The number of phenols is 1. The first-order chi connectivity index (χ1) is 16.7. The molecule has 0 spiro atoms. The molecule has 0 saturated carbocycles. The highest BCUT2D eigenvalue weighted by atomic mass is 32.2. The first-order valence-electron chi connectivity index (χ1n) is 11.7. The Morgan fingerprint density at radius 1 is 1.11 bits per heavy atom. The molecule has 36 heavy (non-hydrogen) atoms. The highest BCUT2D eigenvalue weighted by Gasteiger charge is 2.33. The largest absolute Gasteiger partial charge is 0.506 e. The summed E-state index contributed by atoms with van der Waals surface area (Å²) >= 11 is 0. The number of carbonyl (C=O) groups excluding carboxylic acids is 2. The molecule has 0 aliphatic heterocycles. The maximum atomic E-state index is 13.1. The summed E-state index contributed by atoms with van der Waals surface area (Å²) in [6, 6.07) is 1.97. The predicted octanol–water partition coefficient (Wildman–Crippen LogP) is 1.85. The van der Waals surface area contributed by atoms with E-state index in [1.807, 2.05) is 19.0 Å². The topological polar surface area (TPSA) is 156 Å². The molecule has 0 heterocycles. The van der Waals surface area contributed by atoms with Gasteiger partial charge in [0.05, 0.1) is 12.5 Å². The zero-order chi connectivity index (χ0) is 27.5. The molecule has 0 radical (unpaired) electrons. The Bertz CT molecular complexity index is 957. The van der Waals surface area contributed by atoms with Crippen LogP contribution < -0.4 is 15.4 Å². The van der Waals surface area contributed by atoms with Gasteiger partial charge in [-0.3, -0.25) is 4.79 Å². The molecule has 206 valence electrons. The van der Waals surface area contributed by atoms with E-state index in [1.54, 1.807) is 34.6 Å². The third-order valence-corrected chi connectivity index (χ3v) is 5.99. The minimum absolute atomic E-state index is 0.195. The SMILES string of the molecule is CCOC(OCC)[C@H](CC(=O)OC(C)(C)C)NS(=O)(=O)c1ccc(NC(=O)NCCN(C)C)cc1O. The Morgan fingerprint density at radius 2 is 1.72 bits per heavy atom. The monoisotopic (exact) mass is 532 g/mol. The van der Waals surface area contributed by atoms with Crippen LogP contribution in [0.25, 0.3) is 0 Å². The van der Waals surface area contributed by atoms with E-state index >= 15 is 0 Å². The molecule has 1 rings (SSSR count). The van der Waals surface area contributed by atoms with Crippen LogP contribution in [0.3, 0.4) is 0 Å². The molecule has 0 bridgehead atoms. The van der Waals surface area contributed by atoms with Gasteiger partial charge in [0.25, 0.3) is 0 Å². The van der Waals surface area contributed by atoms with Crippen molar-refractivity contribution in [2.24, 2.45) is 0 Å². The minimum atomic E-state index is -4.33. The van der Waals surface area contributed by atoms with Crippen LogP contribution in [0.2, 0.25) is 0 Å². The van der Waals surface area contributed by atoms with E-state index < -0.39 is 50.6 Å². The molecule has 2 amide bonds. The smallest absolute Gasteiger partial charge is 0.319 e. The average molecular weight is 533 g/mol. The number of urea groups is 1. The second-order valence-electron chi connectivity index (χ2n) is 9.16. The van der Waals surface area contributed by atoms with Crippen molar-refractivity contribution in [1.29, 1.82) is 0 Å². The zero-order valence-corrected chi connectivity index (χ0v) is 22.9. The Kier molecular flexibility index (Phi) is 12.6. The normalized spacial score (nSPS) is 13.0. The van der Waals surface area contributed by atoms with Gasteiger partial charge in [0.2, 0.25) is 10.0 Å².